The van der Waals surface area contributed by atoms with Gasteiger partial charge in [-0.05, 0) is 55.2 Å². The maximum atomic E-state index is 12.8. The molecule has 0 aromatic heterocycles. The number of amides is 1. The number of allylic oxidation sites excluding steroid dienone is 1. The van der Waals surface area contributed by atoms with Crippen molar-refractivity contribution in [1.29, 1.82) is 0 Å². The Hall–Kier alpha value is -3.14. The zero-order chi connectivity index (χ0) is 25.8. The molecule has 0 unspecified atom stereocenters. The highest BCUT2D eigenvalue weighted by Crippen LogP contribution is 2.43. The van der Waals surface area contributed by atoms with Gasteiger partial charge in [0, 0.05) is 11.2 Å². The van der Waals surface area contributed by atoms with Crippen molar-refractivity contribution in [2.75, 3.05) is 25.6 Å². The lowest BCUT2D eigenvalue weighted by Crippen LogP contribution is -2.34. The monoisotopic (exact) mass is 547 g/mol. The number of anilines is 1. The topological polar surface area (TPSA) is 89.5 Å². The lowest BCUT2D eigenvalue weighted by Gasteiger charge is -2.33. The van der Waals surface area contributed by atoms with E-state index in [2.05, 4.69) is 10.3 Å². The van der Waals surface area contributed by atoms with Gasteiger partial charge in [-0.25, -0.2) is 9.79 Å². The number of halogens is 2. The van der Waals surface area contributed by atoms with E-state index >= 15 is 0 Å². The maximum Gasteiger partial charge on any atom is 0.338 e. The Morgan fingerprint density at radius 3 is 2.69 bits per heavy atom. The fourth-order valence-electron chi connectivity index (χ4n) is 3.79. The molecule has 0 saturated heterocycles. The number of rotatable bonds is 8. The van der Waals surface area contributed by atoms with Gasteiger partial charge in [-0.1, -0.05) is 41.0 Å². The number of carbonyl (C=O) groups is 2. The summed E-state index contributed by atoms with van der Waals surface area (Å²) in [5, 5.41) is 6.15. The predicted molar refractivity (Wildman–Crippen MR) is 142 cm³/mol. The smallest absolute Gasteiger partial charge is 0.338 e. The molecule has 1 amide bonds. The number of ether oxygens (including phenoxy) is 3. The molecule has 0 radical (unpaired) electrons. The summed E-state index contributed by atoms with van der Waals surface area (Å²) in [6, 6.07) is 9.62. The molecule has 188 valence electrons. The Morgan fingerprint density at radius 2 is 1.97 bits per heavy atom. The fraction of sp³-hybridized carbons (Fsp3) is 0.240. The second-order valence-corrected chi connectivity index (χ2v) is 9.41. The van der Waals surface area contributed by atoms with E-state index in [-0.39, 0.29) is 13.2 Å². The van der Waals surface area contributed by atoms with Crippen LogP contribution in [0.25, 0.3) is 0 Å². The summed E-state index contributed by atoms with van der Waals surface area (Å²) in [5.74, 6) is -0.0515. The molecule has 2 heterocycles. The molecule has 2 aliphatic rings. The van der Waals surface area contributed by atoms with Gasteiger partial charge in [0.2, 0.25) is 0 Å². The first kappa shape index (κ1) is 25.9. The molecule has 0 spiro atoms. The van der Waals surface area contributed by atoms with E-state index in [0.29, 0.717) is 38.5 Å². The number of carbonyl (C=O) groups excluding carboxylic acids is 2. The molecule has 1 N–H and O–H groups in total. The third kappa shape index (κ3) is 5.48. The Balaban J connectivity index is 1.55. The Bertz CT molecular complexity index is 1290. The van der Waals surface area contributed by atoms with Crippen LogP contribution < -0.4 is 14.8 Å². The van der Waals surface area contributed by atoms with E-state index in [1.165, 1.54) is 24.9 Å². The van der Waals surface area contributed by atoms with Crippen LogP contribution in [0.15, 0.2) is 64.3 Å². The zero-order valence-electron chi connectivity index (χ0n) is 19.7. The minimum Gasteiger partial charge on any atom is -0.493 e. The van der Waals surface area contributed by atoms with E-state index in [4.69, 9.17) is 37.4 Å². The summed E-state index contributed by atoms with van der Waals surface area (Å²) < 4.78 is 16.6. The van der Waals surface area contributed by atoms with Crippen LogP contribution in [0, 0.1) is 0 Å². The molecule has 0 fully saturated rings. The number of methoxy groups -OCH3 is 1. The van der Waals surface area contributed by atoms with Crippen LogP contribution in [0.4, 0.5) is 5.69 Å². The van der Waals surface area contributed by atoms with Gasteiger partial charge in [-0.2, -0.15) is 0 Å². The van der Waals surface area contributed by atoms with Crippen molar-refractivity contribution < 1.29 is 23.8 Å². The molecule has 0 saturated carbocycles. The summed E-state index contributed by atoms with van der Waals surface area (Å²) >= 11 is 13.5. The van der Waals surface area contributed by atoms with Crippen LogP contribution in [0.1, 0.15) is 25.5 Å². The van der Waals surface area contributed by atoms with Crippen LogP contribution in [0.2, 0.25) is 10.0 Å². The highest BCUT2D eigenvalue weighted by molar-refractivity contribution is 8.16. The van der Waals surface area contributed by atoms with Crippen molar-refractivity contribution in [3.8, 4) is 11.5 Å². The number of nitrogens with one attached hydrogen (secondary N) is 1. The van der Waals surface area contributed by atoms with Crippen molar-refractivity contribution >= 4 is 57.7 Å². The van der Waals surface area contributed by atoms with E-state index in [9.17, 15) is 9.59 Å². The SMILES string of the molecule is CCOC(=O)C1=C(C)N=C2SC=CN2[C@H]1c1ccc(OCC(=O)Nc2ccc(Cl)cc2Cl)c(OC)c1. The van der Waals surface area contributed by atoms with E-state index in [1.807, 2.05) is 22.6 Å². The summed E-state index contributed by atoms with van der Waals surface area (Å²) in [6.45, 7) is 3.54. The van der Waals surface area contributed by atoms with E-state index < -0.39 is 17.9 Å². The number of fused-ring (bicyclic) bond motifs is 1. The molecule has 2 aliphatic heterocycles. The minimum atomic E-state index is -0.457. The number of nitrogens with zero attached hydrogens (tertiary/aromatic N) is 2. The van der Waals surface area contributed by atoms with Gasteiger partial charge in [0.25, 0.3) is 5.91 Å². The lowest BCUT2D eigenvalue weighted by molar-refractivity contribution is -0.139. The summed E-state index contributed by atoms with van der Waals surface area (Å²) in [5.41, 5.74) is 2.25. The first-order chi connectivity index (χ1) is 17.3. The second-order valence-electron chi connectivity index (χ2n) is 7.70. The molecular weight excluding hydrogens is 525 g/mol. The molecule has 4 rings (SSSR count). The summed E-state index contributed by atoms with van der Waals surface area (Å²) in [4.78, 5) is 31.8. The number of benzene rings is 2. The maximum absolute atomic E-state index is 12.8. The van der Waals surface area contributed by atoms with Gasteiger partial charge < -0.3 is 24.4 Å². The average Bonchev–Trinajstić information content (AvgIpc) is 3.31. The minimum absolute atomic E-state index is 0.253. The fourth-order valence-corrected chi connectivity index (χ4v) is 5.04. The molecular formula is C25H23Cl2N3O5S. The standard InChI is InChI=1S/C25H23Cl2N3O5S/c1-4-34-24(32)22-14(2)28-25-30(9-10-36-25)23(22)15-5-8-19(20(11-15)33-3)35-13-21(31)29-18-7-6-16(26)12-17(18)27/h5-12,23H,4,13H2,1-3H3,(H,29,31)/t23-/m0/s1. The quantitative estimate of drug-likeness (QED) is 0.418. The van der Waals surface area contributed by atoms with Crippen molar-refractivity contribution in [3.05, 3.63) is 74.9 Å². The molecule has 2 aromatic carbocycles. The van der Waals surface area contributed by atoms with Gasteiger partial charge >= 0.3 is 5.97 Å². The third-order valence-corrected chi connectivity index (χ3v) is 6.70. The molecule has 8 nitrogen and oxygen atoms in total. The van der Waals surface area contributed by atoms with Crippen LogP contribution >= 0.6 is 35.0 Å². The van der Waals surface area contributed by atoms with Gasteiger partial charge in [-0.15, -0.1) is 0 Å². The van der Waals surface area contributed by atoms with E-state index in [1.54, 1.807) is 38.1 Å². The predicted octanol–water partition coefficient (Wildman–Crippen LogP) is 5.79. The Labute approximate surface area is 222 Å². The average molecular weight is 548 g/mol. The van der Waals surface area contributed by atoms with Crippen LogP contribution in [-0.4, -0.2) is 42.3 Å². The molecule has 36 heavy (non-hydrogen) atoms. The number of hydrogen-bond donors (Lipinski definition) is 1. The highest BCUT2D eigenvalue weighted by Gasteiger charge is 2.37. The van der Waals surface area contributed by atoms with Crippen LogP contribution in [0.5, 0.6) is 11.5 Å². The molecule has 0 aliphatic carbocycles. The van der Waals surface area contributed by atoms with Gasteiger partial charge in [0.1, 0.15) is 0 Å². The number of esters is 1. The molecule has 1 atom stereocenters. The first-order valence-electron chi connectivity index (χ1n) is 11.0. The first-order valence-corrected chi connectivity index (χ1v) is 12.6. The number of amidine groups is 1. The van der Waals surface area contributed by atoms with Crippen molar-refractivity contribution in [2.24, 2.45) is 4.99 Å². The Kier molecular flexibility index (Phi) is 8.13. The van der Waals surface area contributed by atoms with E-state index in [0.717, 1.165) is 10.7 Å². The normalized spacial score (nSPS) is 16.4. The second kappa shape index (κ2) is 11.3. The van der Waals surface area contributed by atoms with Crippen molar-refractivity contribution in [3.63, 3.8) is 0 Å². The lowest BCUT2D eigenvalue weighted by atomic mass is 9.94. The zero-order valence-corrected chi connectivity index (χ0v) is 22.0. The summed E-state index contributed by atoms with van der Waals surface area (Å²) in [6.07, 6.45) is 1.88. The van der Waals surface area contributed by atoms with Crippen molar-refractivity contribution in [2.45, 2.75) is 19.9 Å². The van der Waals surface area contributed by atoms with Crippen LogP contribution in [0.3, 0.4) is 0 Å². The Morgan fingerprint density at radius 1 is 1.17 bits per heavy atom. The third-order valence-electron chi connectivity index (χ3n) is 5.38. The van der Waals surface area contributed by atoms with Gasteiger partial charge in [-0.3, -0.25) is 4.79 Å². The summed E-state index contributed by atoms with van der Waals surface area (Å²) in [7, 11) is 1.51. The molecule has 0 bridgehead atoms. The van der Waals surface area contributed by atoms with Crippen LogP contribution in [-0.2, 0) is 14.3 Å². The number of hydrogen-bond acceptors (Lipinski definition) is 8. The van der Waals surface area contributed by atoms with Gasteiger partial charge in [0.05, 0.1) is 41.7 Å². The molecule has 11 heteroatoms. The molecule has 2 aromatic rings. The van der Waals surface area contributed by atoms with Crippen molar-refractivity contribution in [1.82, 2.24) is 4.90 Å². The largest absolute Gasteiger partial charge is 0.493 e. The number of thioether (sulfide) groups is 1. The van der Waals surface area contributed by atoms with Gasteiger partial charge in [0.15, 0.2) is 23.3 Å². The number of aliphatic imine (C=N–C) groups is 1. The highest BCUT2D eigenvalue weighted by atomic mass is 35.5.